The van der Waals surface area contributed by atoms with Gasteiger partial charge < -0.3 is 19.3 Å². The molecule has 0 amide bonds. The topological polar surface area (TPSA) is 47.9 Å². The van der Waals surface area contributed by atoms with Crippen LogP contribution in [0.2, 0.25) is 5.02 Å². The summed E-state index contributed by atoms with van der Waals surface area (Å²) in [5, 5.41) is 9.15. The van der Waals surface area contributed by atoms with Crippen molar-refractivity contribution in [3.8, 4) is 5.75 Å². The molecular formula is C12H17ClO4. The molecule has 1 aromatic rings. The monoisotopic (exact) mass is 260 g/mol. The summed E-state index contributed by atoms with van der Waals surface area (Å²) in [6, 6.07) is 7.18. The fourth-order valence-corrected chi connectivity index (χ4v) is 1.26. The molecule has 0 aromatic heterocycles. The summed E-state index contributed by atoms with van der Waals surface area (Å²) in [6.07, 6.45) is 0. The highest BCUT2D eigenvalue weighted by molar-refractivity contribution is 6.30. The molecule has 0 aliphatic carbocycles. The Balaban J connectivity index is 1.95. The molecule has 0 atom stereocenters. The minimum Gasteiger partial charge on any atom is -0.491 e. The molecule has 0 unspecified atom stereocenters. The zero-order valence-electron chi connectivity index (χ0n) is 9.60. The molecule has 96 valence electrons. The van der Waals surface area contributed by atoms with E-state index in [0.717, 1.165) is 5.75 Å². The minimum atomic E-state index is 0.0413. The van der Waals surface area contributed by atoms with Gasteiger partial charge in [-0.25, -0.2) is 0 Å². The van der Waals surface area contributed by atoms with E-state index in [0.29, 0.717) is 38.1 Å². The number of hydrogen-bond donors (Lipinski definition) is 1. The third-order valence-electron chi connectivity index (χ3n) is 1.92. The van der Waals surface area contributed by atoms with Crippen molar-refractivity contribution in [1.29, 1.82) is 0 Å². The standard InChI is InChI=1S/C12H17ClO4/c13-11-1-3-12(4-2-11)17-10-9-16-8-7-15-6-5-14/h1-4,14H,5-10H2. The average molecular weight is 261 g/mol. The zero-order chi connectivity index (χ0) is 12.3. The van der Waals surface area contributed by atoms with Crippen LogP contribution in [-0.4, -0.2) is 44.7 Å². The van der Waals surface area contributed by atoms with Gasteiger partial charge in [-0.15, -0.1) is 0 Å². The van der Waals surface area contributed by atoms with E-state index in [1.54, 1.807) is 12.1 Å². The van der Waals surface area contributed by atoms with Gasteiger partial charge in [-0.2, -0.15) is 0 Å². The van der Waals surface area contributed by atoms with Gasteiger partial charge in [-0.05, 0) is 24.3 Å². The molecule has 0 spiro atoms. The fraction of sp³-hybridized carbons (Fsp3) is 0.500. The number of rotatable bonds is 9. The van der Waals surface area contributed by atoms with Crippen LogP contribution in [0.3, 0.4) is 0 Å². The summed E-state index contributed by atoms with van der Waals surface area (Å²) in [7, 11) is 0. The Morgan fingerprint density at radius 1 is 0.882 bits per heavy atom. The van der Waals surface area contributed by atoms with Gasteiger partial charge in [-0.3, -0.25) is 0 Å². The van der Waals surface area contributed by atoms with Gasteiger partial charge in [0.1, 0.15) is 12.4 Å². The molecular weight excluding hydrogens is 244 g/mol. The van der Waals surface area contributed by atoms with Crippen LogP contribution >= 0.6 is 11.6 Å². The Bertz CT molecular complexity index is 289. The molecule has 0 aliphatic heterocycles. The van der Waals surface area contributed by atoms with Crippen molar-refractivity contribution in [3.63, 3.8) is 0 Å². The van der Waals surface area contributed by atoms with Gasteiger partial charge in [0.15, 0.2) is 0 Å². The van der Waals surface area contributed by atoms with Crippen molar-refractivity contribution in [2.45, 2.75) is 0 Å². The van der Waals surface area contributed by atoms with Crippen LogP contribution in [0.5, 0.6) is 5.75 Å². The number of benzene rings is 1. The first kappa shape index (κ1) is 14.3. The molecule has 0 radical (unpaired) electrons. The van der Waals surface area contributed by atoms with E-state index < -0.39 is 0 Å². The van der Waals surface area contributed by atoms with Gasteiger partial charge in [0.25, 0.3) is 0 Å². The smallest absolute Gasteiger partial charge is 0.119 e. The molecule has 0 aliphatic rings. The van der Waals surface area contributed by atoms with E-state index in [1.807, 2.05) is 12.1 Å². The maximum Gasteiger partial charge on any atom is 0.119 e. The molecule has 1 aromatic carbocycles. The lowest BCUT2D eigenvalue weighted by Gasteiger charge is -2.07. The Morgan fingerprint density at radius 2 is 1.47 bits per heavy atom. The third kappa shape index (κ3) is 7.18. The molecule has 0 saturated heterocycles. The minimum absolute atomic E-state index is 0.0413. The highest BCUT2D eigenvalue weighted by Crippen LogP contribution is 2.15. The second-order valence-corrected chi connectivity index (χ2v) is 3.69. The van der Waals surface area contributed by atoms with Crippen LogP contribution in [0.4, 0.5) is 0 Å². The van der Waals surface area contributed by atoms with E-state index in [-0.39, 0.29) is 6.61 Å². The Kier molecular flexibility index (Phi) is 7.75. The van der Waals surface area contributed by atoms with Crippen molar-refractivity contribution in [3.05, 3.63) is 29.3 Å². The maximum absolute atomic E-state index is 8.46. The second-order valence-electron chi connectivity index (χ2n) is 3.25. The fourth-order valence-electron chi connectivity index (χ4n) is 1.14. The molecule has 4 nitrogen and oxygen atoms in total. The largest absolute Gasteiger partial charge is 0.491 e. The highest BCUT2D eigenvalue weighted by Gasteiger charge is 1.94. The number of hydrogen-bond acceptors (Lipinski definition) is 4. The van der Waals surface area contributed by atoms with Gasteiger partial charge in [0, 0.05) is 5.02 Å². The average Bonchev–Trinajstić information content (AvgIpc) is 2.35. The number of halogens is 1. The van der Waals surface area contributed by atoms with E-state index in [9.17, 15) is 0 Å². The zero-order valence-corrected chi connectivity index (χ0v) is 10.4. The van der Waals surface area contributed by atoms with Crippen LogP contribution < -0.4 is 4.74 Å². The first-order chi connectivity index (χ1) is 8.33. The van der Waals surface area contributed by atoms with Crippen molar-refractivity contribution < 1.29 is 19.3 Å². The summed E-state index contributed by atoms with van der Waals surface area (Å²) >= 11 is 5.74. The van der Waals surface area contributed by atoms with Gasteiger partial charge in [0.2, 0.25) is 0 Å². The summed E-state index contributed by atoms with van der Waals surface area (Å²) in [5.74, 6) is 0.773. The molecule has 1 N–H and O–H groups in total. The van der Waals surface area contributed by atoms with Crippen molar-refractivity contribution in [2.24, 2.45) is 0 Å². The number of ether oxygens (including phenoxy) is 3. The molecule has 0 saturated carbocycles. The molecule has 0 bridgehead atoms. The molecule has 0 fully saturated rings. The maximum atomic E-state index is 8.46. The normalized spacial score (nSPS) is 10.5. The van der Waals surface area contributed by atoms with E-state index in [2.05, 4.69) is 0 Å². The van der Waals surface area contributed by atoms with Crippen LogP contribution in [-0.2, 0) is 9.47 Å². The highest BCUT2D eigenvalue weighted by atomic mass is 35.5. The van der Waals surface area contributed by atoms with E-state index >= 15 is 0 Å². The van der Waals surface area contributed by atoms with Crippen molar-refractivity contribution in [1.82, 2.24) is 0 Å². The van der Waals surface area contributed by atoms with Gasteiger partial charge >= 0.3 is 0 Å². The molecule has 0 heterocycles. The Hall–Kier alpha value is -0.810. The third-order valence-corrected chi connectivity index (χ3v) is 2.17. The first-order valence-electron chi connectivity index (χ1n) is 5.47. The van der Waals surface area contributed by atoms with E-state index in [1.165, 1.54) is 0 Å². The molecule has 5 heteroatoms. The molecule has 17 heavy (non-hydrogen) atoms. The lowest BCUT2D eigenvalue weighted by atomic mass is 10.3. The van der Waals surface area contributed by atoms with Crippen LogP contribution in [0.25, 0.3) is 0 Å². The van der Waals surface area contributed by atoms with Gasteiger partial charge in [-0.1, -0.05) is 11.6 Å². The van der Waals surface area contributed by atoms with Crippen molar-refractivity contribution >= 4 is 11.6 Å². The molecule has 1 rings (SSSR count). The predicted molar refractivity (Wildman–Crippen MR) is 65.7 cm³/mol. The SMILES string of the molecule is OCCOCCOCCOc1ccc(Cl)cc1. The number of aliphatic hydroxyl groups excluding tert-OH is 1. The quantitative estimate of drug-likeness (QED) is 0.687. The summed E-state index contributed by atoms with van der Waals surface area (Å²) in [6.45, 7) is 2.38. The summed E-state index contributed by atoms with van der Waals surface area (Å²) in [5.41, 5.74) is 0. The summed E-state index contributed by atoms with van der Waals surface area (Å²) < 4.78 is 15.7. The number of aliphatic hydroxyl groups is 1. The first-order valence-corrected chi connectivity index (χ1v) is 5.85. The second kappa shape index (κ2) is 9.24. The Morgan fingerprint density at radius 3 is 2.12 bits per heavy atom. The van der Waals surface area contributed by atoms with E-state index in [4.69, 9.17) is 30.9 Å². The lowest BCUT2D eigenvalue weighted by Crippen LogP contribution is -2.11. The van der Waals surface area contributed by atoms with Gasteiger partial charge in [0.05, 0.1) is 33.0 Å². The van der Waals surface area contributed by atoms with Crippen molar-refractivity contribution in [2.75, 3.05) is 39.6 Å². The predicted octanol–water partition coefficient (Wildman–Crippen LogP) is 1.74. The van der Waals surface area contributed by atoms with Crippen LogP contribution in [0.1, 0.15) is 0 Å². The summed E-state index contributed by atoms with van der Waals surface area (Å²) in [4.78, 5) is 0. The Labute approximate surface area is 106 Å². The lowest BCUT2D eigenvalue weighted by molar-refractivity contribution is 0.0247. The van der Waals surface area contributed by atoms with Crippen LogP contribution in [0, 0.1) is 0 Å². The van der Waals surface area contributed by atoms with Crippen LogP contribution in [0.15, 0.2) is 24.3 Å².